The largest absolute Gasteiger partial charge is 0.494 e. The van der Waals surface area contributed by atoms with Crippen LogP contribution in [0.15, 0.2) is 11.3 Å². The zero-order valence-corrected chi connectivity index (χ0v) is 11.0. The summed E-state index contributed by atoms with van der Waals surface area (Å²) in [4.78, 5) is 0. The molecule has 0 aromatic heterocycles. The van der Waals surface area contributed by atoms with Gasteiger partial charge in [-0.05, 0) is 24.8 Å². The molecular formula is C14H24O3. The first-order valence-corrected chi connectivity index (χ1v) is 6.71. The maximum absolute atomic E-state index is 9.46. The third kappa shape index (κ3) is 3.02. The van der Waals surface area contributed by atoms with Crippen LogP contribution in [-0.2, 0) is 9.47 Å². The van der Waals surface area contributed by atoms with E-state index in [0.29, 0.717) is 0 Å². The molecule has 3 nitrogen and oxygen atoms in total. The average molecular weight is 240 g/mol. The van der Waals surface area contributed by atoms with Crippen LogP contribution in [0.1, 0.15) is 46.0 Å². The number of aliphatic hydroxyl groups excluding tert-OH is 1. The lowest BCUT2D eigenvalue weighted by molar-refractivity contribution is -0.0243. The molecule has 0 unspecified atom stereocenters. The first-order chi connectivity index (χ1) is 8.13. The molecule has 3 heteroatoms. The highest BCUT2D eigenvalue weighted by Crippen LogP contribution is 2.41. The predicted octanol–water partition coefficient (Wildman–Crippen LogP) is 2.64. The number of hydrogen-bond acceptors (Lipinski definition) is 3. The summed E-state index contributed by atoms with van der Waals surface area (Å²) in [6.07, 6.45) is 5.51. The molecule has 0 spiro atoms. The van der Waals surface area contributed by atoms with Crippen LogP contribution in [0.4, 0.5) is 0 Å². The van der Waals surface area contributed by atoms with Crippen LogP contribution >= 0.6 is 0 Å². The second-order valence-electron chi connectivity index (χ2n) is 5.76. The first kappa shape index (κ1) is 12.9. The van der Waals surface area contributed by atoms with Crippen molar-refractivity contribution in [2.75, 3.05) is 19.8 Å². The van der Waals surface area contributed by atoms with E-state index >= 15 is 0 Å². The van der Waals surface area contributed by atoms with Gasteiger partial charge in [-0.15, -0.1) is 0 Å². The number of aliphatic hydroxyl groups is 1. The van der Waals surface area contributed by atoms with E-state index in [2.05, 4.69) is 13.8 Å². The van der Waals surface area contributed by atoms with Crippen molar-refractivity contribution in [2.45, 2.75) is 52.1 Å². The van der Waals surface area contributed by atoms with Crippen molar-refractivity contribution in [3.63, 3.8) is 0 Å². The van der Waals surface area contributed by atoms with Crippen molar-refractivity contribution >= 4 is 0 Å². The zero-order valence-electron chi connectivity index (χ0n) is 11.0. The highest BCUT2D eigenvalue weighted by Gasteiger charge is 2.33. The van der Waals surface area contributed by atoms with E-state index in [1.165, 1.54) is 0 Å². The van der Waals surface area contributed by atoms with Crippen LogP contribution in [0.3, 0.4) is 0 Å². The molecular weight excluding hydrogens is 216 g/mol. The van der Waals surface area contributed by atoms with Gasteiger partial charge < -0.3 is 14.6 Å². The molecule has 2 rings (SSSR count). The molecule has 0 aromatic rings. The fourth-order valence-electron chi connectivity index (χ4n) is 2.80. The molecule has 1 aliphatic heterocycles. The molecule has 1 N–H and O–H groups in total. The molecule has 0 atom stereocenters. The van der Waals surface area contributed by atoms with E-state index in [1.54, 1.807) is 0 Å². The fraction of sp³-hybridized carbons (Fsp3) is 0.857. The van der Waals surface area contributed by atoms with Gasteiger partial charge in [-0.3, -0.25) is 0 Å². The number of hydrogen-bond donors (Lipinski definition) is 1. The van der Waals surface area contributed by atoms with Crippen molar-refractivity contribution in [3.05, 3.63) is 11.3 Å². The monoisotopic (exact) mass is 240 g/mol. The second kappa shape index (κ2) is 5.40. The minimum atomic E-state index is 0.0780. The molecule has 0 bridgehead atoms. The summed E-state index contributed by atoms with van der Waals surface area (Å²) in [6, 6.07) is 0. The predicted molar refractivity (Wildman–Crippen MR) is 66.7 cm³/mol. The molecule has 2 aliphatic rings. The lowest BCUT2D eigenvalue weighted by atomic mass is 9.77. The molecule has 1 fully saturated rings. The Bertz CT molecular complexity index is 288. The molecule has 1 aliphatic carbocycles. The zero-order chi connectivity index (χ0) is 12.3. The summed E-state index contributed by atoms with van der Waals surface area (Å²) in [5, 5.41) is 9.46. The van der Waals surface area contributed by atoms with Gasteiger partial charge in [-0.25, -0.2) is 0 Å². The van der Waals surface area contributed by atoms with Gasteiger partial charge in [-0.2, -0.15) is 0 Å². The van der Waals surface area contributed by atoms with Gasteiger partial charge in [-0.1, -0.05) is 13.8 Å². The molecule has 0 saturated carbocycles. The van der Waals surface area contributed by atoms with Crippen LogP contribution in [0.5, 0.6) is 0 Å². The van der Waals surface area contributed by atoms with Crippen molar-refractivity contribution in [1.82, 2.24) is 0 Å². The molecule has 0 aromatic carbocycles. The van der Waals surface area contributed by atoms with Gasteiger partial charge in [0.25, 0.3) is 0 Å². The fourth-order valence-corrected chi connectivity index (χ4v) is 2.80. The lowest BCUT2D eigenvalue weighted by Gasteiger charge is -2.37. The quantitative estimate of drug-likeness (QED) is 0.824. The maximum atomic E-state index is 9.46. The minimum absolute atomic E-state index is 0.0780. The lowest BCUT2D eigenvalue weighted by Crippen LogP contribution is -2.30. The first-order valence-electron chi connectivity index (χ1n) is 6.71. The molecule has 17 heavy (non-hydrogen) atoms. The standard InChI is InChI=1S/C14H24O3/c1-14(2)7-3-4-11(10-15)13(14)17-12-5-8-16-9-6-12/h12,15H,3-10H2,1-2H3. The Labute approximate surface area is 104 Å². The van der Waals surface area contributed by atoms with Crippen molar-refractivity contribution in [1.29, 1.82) is 0 Å². The van der Waals surface area contributed by atoms with Crippen molar-refractivity contribution < 1.29 is 14.6 Å². The van der Waals surface area contributed by atoms with Crippen LogP contribution in [0.25, 0.3) is 0 Å². The number of allylic oxidation sites excluding steroid dienone is 1. The minimum Gasteiger partial charge on any atom is -0.494 e. The van der Waals surface area contributed by atoms with Crippen molar-refractivity contribution in [3.8, 4) is 0 Å². The Hall–Kier alpha value is -0.540. The summed E-state index contributed by atoms with van der Waals surface area (Å²) in [5.74, 6) is 1.05. The van der Waals surface area contributed by atoms with Crippen LogP contribution < -0.4 is 0 Å². The summed E-state index contributed by atoms with van der Waals surface area (Å²) < 4.78 is 11.5. The Balaban J connectivity index is 2.10. The molecule has 0 radical (unpaired) electrons. The van der Waals surface area contributed by atoms with Crippen LogP contribution in [-0.4, -0.2) is 31.0 Å². The van der Waals surface area contributed by atoms with E-state index in [-0.39, 0.29) is 18.1 Å². The highest BCUT2D eigenvalue weighted by molar-refractivity contribution is 5.19. The number of rotatable bonds is 3. The summed E-state index contributed by atoms with van der Waals surface area (Å²) in [7, 11) is 0. The smallest absolute Gasteiger partial charge is 0.103 e. The normalized spacial score (nSPS) is 26.1. The third-order valence-corrected chi connectivity index (χ3v) is 3.86. The van der Waals surface area contributed by atoms with Gasteiger partial charge in [0.2, 0.25) is 0 Å². The van der Waals surface area contributed by atoms with E-state index in [9.17, 15) is 5.11 Å². The van der Waals surface area contributed by atoms with Gasteiger partial charge >= 0.3 is 0 Å². The SMILES string of the molecule is CC1(C)CCCC(CO)=C1OC1CCOCC1. The Kier molecular flexibility index (Phi) is 4.10. The van der Waals surface area contributed by atoms with Gasteiger partial charge in [0.15, 0.2) is 0 Å². The Morgan fingerprint density at radius 1 is 1.35 bits per heavy atom. The van der Waals surface area contributed by atoms with E-state index in [0.717, 1.165) is 56.7 Å². The summed E-state index contributed by atoms with van der Waals surface area (Å²) >= 11 is 0. The Morgan fingerprint density at radius 3 is 2.71 bits per heavy atom. The van der Waals surface area contributed by atoms with Gasteiger partial charge in [0, 0.05) is 18.3 Å². The molecule has 98 valence electrons. The molecule has 1 saturated heterocycles. The van der Waals surface area contributed by atoms with Gasteiger partial charge in [0.1, 0.15) is 11.9 Å². The molecule has 1 heterocycles. The van der Waals surface area contributed by atoms with E-state index in [1.807, 2.05) is 0 Å². The van der Waals surface area contributed by atoms with Gasteiger partial charge in [0.05, 0.1) is 19.8 Å². The van der Waals surface area contributed by atoms with E-state index < -0.39 is 0 Å². The second-order valence-corrected chi connectivity index (χ2v) is 5.76. The summed E-state index contributed by atoms with van der Waals surface area (Å²) in [6.45, 7) is 6.18. The van der Waals surface area contributed by atoms with E-state index in [4.69, 9.17) is 9.47 Å². The molecule has 0 amide bonds. The number of ether oxygens (including phenoxy) is 2. The third-order valence-electron chi connectivity index (χ3n) is 3.86. The van der Waals surface area contributed by atoms with Crippen LogP contribution in [0, 0.1) is 5.41 Å². The van der Waals surface area contributed by atoms with Crippen LogP contribution in [0.2, 0.25) is 0 Å². The average Bonchev–Trinajstić information content (AvgIpc) is 2.33. The van der Waals surface area contributed by atoms with Crippen molar-refractivity contribution in [2.24, 2.45) is 5.41 Å². The Morgan fingerprint density at radius 2 is 2.06 bits per heavy atom. The highest BCUT2D eigenvalue weighted by atomic mass is 16.5. The topological polar surface area (TPSA) is 38.7 Å². The maximum Gasteiger partial charge on any atom is 0.103 e. The summed E-state index contributed by atoms with van der Waals surface area (Å²) in [5.41, 5.74) is 1.18.